The third-order valence-corrected chi connectivity index (χ3v) is 7.19. The van der Waals surface area contributed by atoms with Crippen LogP contribution in [0.25, 0.3) is 0 Å². The van der Waals surface area contributed by atoms with E-state index in [-0.39, 0.29) is 29.4 Å². The second kappa shape index (κ2) is 12.0. The number of ether oxygens (including phenoxy) is 1. The molecular weight excluding hydrogens is 510 g/mol. The minimum Gasteiger partial charge on any atom is -0.497 e. The van der Waals surface area contributed by atoms with Gasteiger partial charge in [0.15, 0.2) is 11.5 Å². The lowest BCUT2D eigenvalue weighted by Gasteiger charge is -2.34. The van der Waals surface area contributed by atoms with Crippen LogP contribution in [0.2, 0.25) is 0 Å². The van der Waals surface area contributed by atoms with Gasteiger partial charge in [-0.05, 0) is 74.2 Å². The molecule has 11 heteroatoms. The summed E-state index contributed by atoms with van der Waals surface area (Å²) in [7, 11) is 1.58. The maximum absolute atomic E-state index is 12.8. The van der Waals surface area contributed by atoms with E-state index in [0.717, 1.165) is 37.9 Å². The van der Waals surface area contributed by atoms with Crippen LogP contribution in [0.15, 0.2) is 54.7 Å². The summed E-state index contributed by atoms with van der Waals surface area (Å²) < 4.78 is 5.17. The number of carbonyl (C=O) groups excluding carboxylic acids is 3. The van der Waals surface area contributed by atoms with Crippen molar-refractivity contribution in [2.24, 2.45) is 5.73 Å². The first-order valence-electron chi connectivity index (χ1n) is 13.5. The molecule has 2 saturated heterocycles. The lowest BCUT2D eigenvalue weighted by atomic mass is 10.0. The SMILES string of the molecule is COc1ccc(C(=O)N[C@@H]2CCCN(c3cnc(C(N)=O)c(Nc4ccc(N5CCCCC5=O)cc4)n3)C2)cc1. The number of carbonyl (C=O) groups is 3. The molecule has 1 aromatic heterocycles. The van der Waals surface area contributed by atoms with E-state index in [9.17, 15) is 14.4 Å². The zero-order chi connectivity index (χ0) is 28.1. The van der Waals surface area contributed by atoms with Crippen molar-refractivity contribution >= 4 is 40.7 Å². The molecule has 0 aliphatic carbocycles. The molecule has 5 rings (SSSR count). The molecule has 208 valence electrons. The predicted octanol–water partition coefficient (Wildman–Crippen LogP) is 3.24. The molecule has 2 aliphatic rings. The zero-order valence-corrected chi connectivity index (χ0v) is 22.4. The minimum absolute atomic E-state index is 0.0282. The normalized spacial score (nSPS) is 17.3. The summed E-state index contributed by atoms with van der Waals surface area (Å²) in [4.78, 5) is 50.0. The number of nitrogens with two attached hydrogens (primary N) is 1. The summed E-state index contributed by atoms with van der Waals surface area (Å²) in [6.07, 6.45) is 5.69. The first-order chi connectivity index (χ1) is 19.4. The van der Waals surface area contributed by atoms with Crippen LogP contribution in [0, 0.1) is 0 Å². The monoisotopic (exact) mass is 543 g/mol. The first-order valence-corrected chi connectivity index (χ1v) is 13.5. The highest BCUT2D eigenvalue weighted by molar-refractivity contribution is 5.97. The van der Waals surface area contributed by atoms with E-state index < -0.39 is 5.91 Å². The Kier molecular flexibility index (Phi) is 8.09. The molecule has 0 spiro atoms. The predicted molar refractivity (Wildman–Crippen MR) is 152 cm³/mol. The fraction of sp³-hybridized carbons (Fsp3) is 0.345. The van der Waals surface area contributed by atoms with Gasteiger partial charge >= 0.3 is 0 Å². The van der Waals surface area contributed by atoms with Crippen molar-refractivity contribution in [3.63, 3.8) is 0 Å². The smallest absolute Gasteiger partial charge is 0.271 e. The summed E-state index contributed by atoms with van der Waals surface area (Å²) in [6, 6.07) is 14.3. The van der Waals surface area contributed by atoms with Gasteiger partial charge in [0, 0.05) is 49.0 Å². The molecular formula is C29H33N7O4. The average Bonchev–Trinajstić information content (AvgIpc) is 2.98. The summed E-state index contributed by atoms with van der Waals surface area (Å²) in [5.74, 6) is 0.794. The molecule has 3 amide bonds. The Morgan fingerprint density at radius 2 is 1.80 bits per heavy atom. The van der Waals surface area contributed by atoms with Gasteiger partial charge in [-0.15, -0.1) is 0 Å². The number of benzene rings is 2. The Labute approximate surface area is 232 Å². The van der Waals surface area contributed by atoms with E-state index in [0.29, 0.717) is 42.3 Å². The highest BCUT2D eigenvalue weighted by Crippen LogP contribution is 2.26. The van der Waals surface area contributed by atoms with E-state index in [4.69, 9.17) is 10.5 Å². The van der Waals surface area contributed by atoms with Crippen LogP contribution < -0.4 is 30.9 Å². The number of rotatable bonds is 8. The Bertz CT molecular complexity index is 1380. The average molecular weight is 544 g/mol. The summed E-state index contributed by atoms with van der Waals surface area (Å²) >= 11 is 0. The van der Waals surface area contributed by atoms with Gasteiger partial charge in [-0.2, -0.15) is 0 Å². The van der Waals surface area contributed by atoms with Gasteiger partial charge in [-0.1, -0.05) is 0 Å². The zero-order valence-electron chi connectivity index (χ0n) is 22.4. The Hall–Kier alpha value is -4.67. The highest BCUT2D eigenvalue weighted by Gasteiger charge is 2.25. The van der Waals surface area contributed by atoms with Crippen LogP contribution in [0.4, 0.5) is 23.0 Å². The van der Waals surface area contributed by atoms with Crippen molar-refractivity contribution in [2.75, 3.05) is 41.9 Å². The van der Waals surface area contributed by atoms with Crippen molar-refractivity contribution in [2.45, 2.75) is 38.1 Å². The lowest BCUT2D eigenvalue weighted by molar-refractivity contribution is -0.119. The molecule has 3 heterocycles. The molecule has 2 aliphatic heterocycles. The molecule has 11 nitrogen and oxygen atoms in total. The number of nitrogens with zero attached hydrogens (tertiary/aromatic N) is 4. The van der Waals surface area contributed by atoms with Gasteiger partial charge in [0.2, 0.25) is 5.91 Å². The minimum atomic E-state index is -0.694. The molecule has 3 aromatic rings. The van der Waals surface area contributed by atoms with Gasteiger partial charge < -0.3 is 30.9 Å². The van der Waals surface area contributed by atoms with E-state index in [1.807, 2.05) is 29.2 Å². The number of methoxy groups -OCH3 is 1. The molecule has 0 saturated carbocycles. The second-order valence-electron chi connectivity index (χ2n) is 9.95. The largest absolute Gasteiger partial charge is 0.497 e. The third-order valence-electron chi connectivity index (χ3n) is 7.19. The topological polar surface area (TPSA) is 143 Å². The number of anilines is 4. The van der Waals surface area contributed by atoms with E-state index in [1.54, 1.807) is 36.3 Å². The maximum atomic E-state index is 12.8. The van der Waals surface area contributed by atoms with Crippen LogP contribution in [0.3, 0.4) is 0 Å². The number of hydrogen-bond donors (Lipinski definition) is 3. The first kappa shape index (κ1) is 26.9. The van der Waals surface area contributed by atoms with Crippen LogP contribution in [-0.4, -0.2) is 60.5 Å². The summed E-state index contributed by atoms with van der Waals surface area (Å²) in [6.45, 7) is 1.99. The van der Waals surface area contributed by atoms with Crippen LogP contribution in [-0.2, 0) is 4.79 Å². The molecule has 0 bridgehead atoms. The maximum Gasteiger partial charge on any atom is 0.271 e. The van der Waals surface area contributed by atoms with Crippen molar-refractivity contribution in [3.05, 3.63) is 66.0 Å². The molecule has 2 fully saturated rings. The number of aromatic nitrogens is 2. The van der Waals surface area contributed by atoms with Crippen LogP contribution >= 0.6 is 0 Å². The van der Waals surface area contributed by atoms with E-state index >= 15 is 0 Å². The van der Waals surface area contributed by atoms with E-state index in [1.165, 1.54) is 6.20 Å². The summed E-state index contributed by atoms with van der Waals surface area (Å²) in [5.41, 5.74) is 7.70. The van der Waals surface area contributed by atoms with Crippen LogP contribution in [0.5, 0.6) is 5.75 Å². The quantitative estimate of drug-likeness (QED) is 0.393. The third kappa shape index (κ3) is 6.14. The van der Waals surface area contributed by atoms with Gasteiger partial charge in [0.05, 0.1) is 13.3 Å². The molecule has 40 heavy (non-hydrogen) atoms. The van der Waals surface area contributed by atoms with Gasteiger partial charge in [0.1, 0.15) is 11.6 Å². The number of primary amides is 1. The second-order valence-corrected chi connectivity index (χ2v) is 9.95. The number of nitrogens with one attached hydrogen (secondary N) is 2. The fourth-order valence-corrected chi connectivity index (χ4v) is 5.05. The van der Waals surface area contributed by atoms with Gasteiger partial charge in [0.25, 0.3) is 11.8 Å². The summed E-state index contributed by atoms with van der Waals surface area (Å²) in [5, 5.41) is 6.27. The molecule has 0 radical (unpaired) electrons. The van der Waals surface area contributed by atoms with Crippen molar-refractivity contribution in [1.82, 2.24) is 15.3 Å². The Balaban J connectivity index is 1.28. The van der Waals surface area contributed by atoms with Crippen LogP contribution in [0.1, 0.15) is 53.0 Å². The van der Waals surface area contributed by atoms with Crippen molar-refractivity contribution in [3.8, 4) is 5.75 Å². The standard InChI is InChI=1S/C29H33N7O4/c1-40-23-13-7-19(8-14-23)29(39)33-21-5-4-15-35(18-21)24-17-31-26(27(30)38)28(34-24)32-20-9-11-22(12-10-20)36-16-3-2-6-25(36)37/h7-14,17,21H,2-6,15-16,18H2,1H3,(H2,30,38)(H,32,34)(H,33,39)/t21-/m1/s1. The fourth-order valence-electron chi connectivity index (χ4n) is 5.05. The Morgan fingerprint density at radius 3 is 2.50 bits per heavy atom. The number of hydrogen-bond acceptors (Lipinski definition) is 8. The molecule has 2 aromatic carbocycles. The lowest BCUT2D eigenvalue weighted by Crippen LogP contribution is -2.48. The highest BCUT2D eigenvalue weighted by atomic mass is 16.5. The molecule has 0 unspecified atom stereocenters. The van der Waals surface area contributed by atoms with Gasteiger partial charge in [-0.3, -0.25) is 14.4 Å². The number of amides is 3. The van der Waals surface area contributed by atoms with Crippen molar-refractivity contribution in [1.29, 1.82) is 0 Å². The molecule has 1 atom stereocenters. The molecule has 4 N–H and O–H groups in total. The Morgan fingerprint density at radius 1 is 1.02 bits per heavy atom. The van der Waals surface area contributed by atoms with Crippen molar-refractivity contribution < 1.29 is 19.1 Å². The van der Waals surface area contributed by atoms with E-state index in [2.05, 4.69) is 20.6 Å². The van der Waals surface area contributed by atoms with Gasteiger partial charge in [-0.25, -0.2) is 9.97 Å². The number of piperidine rings is 2.